The minimum Gasteiger partial charge on any atom is -0.497 e. The summed E-state index contributed by atoms with van der Waals surface area (Å²) < 4.78 is 11.7. The lowest BCUT2D eigenvalue weighted by molar-refractivity contribution is 0.0697. The van der Waals surface area contributed by atoms with Gasteiger partial charge in [0.15, 0.2) is 10.6 Å². The fourth-order valence-corrected chi connectivity index (χ4v) is 2.63. The average molecular weight is 266 g/mol. The van der Waals surface area contributed by atoms with Crippen LogP contribution in [0.4, 0.5) is 0 Å². The molecule has 1 aromatic carbocycles. The molecule has 0 fully saturated rings. The van der Waals surface area contributed by atoms with Crippen molar-refractivity contribution >= 4 is 27.4 Å². The summed E-state index contributed by atoms with van der Waals surface area (Å²) in [6, 6.07) is 5.46. The second-order valence-corrected chi connectivity index (χ2v) is 5.15. The summed E-state index contributed by atoms with van der Waals surface area (Å²) in [5.41, 5.74) is 0. The molecule has 96 valence electrons. The summed E-state index contributed by atoms with van der Waals surface area (Å²) in [6.45, 7) is 3.74. The molecule has 0 aliphatic carbocycles. The average Bonchev–Trinajstić information content (AvgIpc) is 2.67. The zero-order chi connectivity index (χ0) is 13.3. The first kappa shape index (κ1) is 12.7. The Morgan fingerprint density at radius 1 is 1.39 bits per heavy atom. The summed E-state index contributed by atoms with van der Waals surface area (Å²) in [6.07, 6.45) is -0.0768. The molecule has 0 aliphatic heterocycles. The van der Waals surface area contributed by atoms with Gasteiger partial charge in [-0.25, -0.2) is 4.79 Å². The number of carboxylic acids is 1. The van der Waals surface area contributed by atoms with Gasteiger partial charge in [-0.05, 0) is 32.0 Å². The quantitative estimate of drug-likeness (QED) is 0.921. The highest BCUT2D eigenvalue weighted by Gasteiger charge is 2.20. The summed E-state index contributed by atoms with van der Waals surface area (Å²) in [5, 5.41) is 9.99. The normalized spacial score (nSPS) is 10.9. The van der Waals surface area contributed by atoms with Gasteiger partial charge in [0.25, 0.3) is 0 Å². The minimum absolute atomic E-state index is 0.0768. The van der Waals surface area contributed by atoms with Crippen molar-refractivity contribution in [2.45, 2.75) is 20.0 Å². The number of thiophene rings is 1. The number of aromatic carboxylic acids is 1. The molecule has 0 aliphatic rings. The third kappa shape index (κ3) is 2.26. The van der Waals surface area contributed by atoms with Crippen molar-refractivity contribution < 1.29 is 19.4 Å². The molecule has 2 rings (SSSR count). The van der Waals surface area contributed by atoms with Crippen molar-refractivity contribution in [2.24, 2.45) is 0 Å². The molecule has 0 saturated heterocycles. The van der Waals surface area contributed by atoms with Crippen molar-refractivity contribution in [3.63, 3.8) is 0 Å². The van der Waals surface area contributed by atoms with Gasteiger partial charge >= 0.3 is 5.97 Å². The van der Waals surface area contributed by atoms with Crippen LogP contribution in [0.15, 0.2) is 18.2 Å². The zero-order valence-corrected chi connectivity index (χ0v) is 11.2. The molecule has 0 atom stereocenters. The first-order chi connectivity index (χ1) is 8.52. The molecule has 0 amide bonds. The van der Waals surface area contributed by atoms with Crippen LogP contribution in [0.1, 0.15) is 23.5 Å². The van der Waals surface area contributed by atoms with Gasteiger partial charge in [0.1, 0.15) is 5.75 Å². The van der Waals surface area contributed by atoms with Gasteiger partial charge in [0.2, 0.25) is 0 Å². The fourth-order valence-electron chi connectivity index (χ4n) is 1.67. The second kappa shape index (κ2) is 4.86. The van der Waals surface area contributed by atoms with Crippen molar-refractivity contribution in [1.82, 2.24) is 0 Å². The Hall–Kier alpha value is -1.75. The van der Waals surface area contributed by atoms with Crippen LogP contribution < -0.4 is 9.47 Å². The van der Waals surface area contributed by atoms with E-state index in [4.69, 9.17) is 9.47 Å². The number of rotatable bonds is 4. The molecule has 0 saturated carbocycles. The zero-order valence-electron chi connectivity index (χ0n) is 10.4. The smallest absolute Gasteiger partial charge is 0.349 e. The molecule has 0 radical (unpaired) electrons. The Kier molecular flexibility index (Phi) is 3.43. The molecule has 18 heavy (non-hydrogen) atoms. The lowest BCUT2D eigenvalue weighted by Gasteiger charge is -2.10. The van der Waals surface area contributed by atoms with E-state index in [1.54, 1.807) is 13.2 Å². The predicted octanol–water partition coefficient (Wildman–Crippen LogP) is 3.40. The molecule has 4 nitrogen and oxygen atoms in total. The summed E-state index contributed by atoms with van der Waals surface area (Å²) in [7, 11) is 1.58. The van der Waals surface area contributed by atoms with Gasteiger partial charge < -0.3 is 14.6 Å². The monoisotopic (exact) mass is 266 g/mol. The number of carbonyl (C=O) groups is 1. The molecule has 0 unspecified atom stereocenters. The van der Waals surface area contributed by atoms with E-state index in [0.29, 0.717) is 11.5 Å². The van der Waals surface area contributed by atoms with Crippen LogP contribution in [0.5, 0.6) is 11.5 Å². The summed E-state index contributed by atoms with van der Waals surface area (Å²) >= 11 is 1.21. The molecular formula is C13H14O4S. The highest BCUT2D eigenvalue weighted by molar-refractivity contribution is 7.21. The van der Waals surface area contributed by atoms with E-state index in [9.17, 15) is 9.90 Å². The Morgan fingerprint density at radius 3 is 2.67 bits per heavy atom. The number of hydrogen-bond acceptors (Lipinski definition) is 4. The van der Waals surface area contributed by atoms with Gasteiger partial charge in [0, 0.05) is 10.1 Å². The maximum absolute atomic E-state index is 11.2. The molecule has 1 aromatic heterocycles. The van der Waals surface area contributed by atoms with Gasteiger partial charge in [-0.3, -0.25) is 0 Å². The first-order valence-electron chi connectivity index (χ1n) is 5.53. The number of benzene rings is 1. The second-order valence-electron chi connectivity index (χ2n) is 4.09. The molecule has 1 heterocycles. The van der Waals surface area contributed by atoms with Gasteiger partial charge in [0.05, 0.1) is 13.2 Å². The summed E-state index contributed by atoms with van der Waals surface area (Å²) in [5.74, 6) is 0.146. The Morgan fingerprint density at radius 2 is 2.11 bits per heavy atom. The maximum atomic E-state index is 11.2. The van der Waals surface area contributed by atoms with Crippen LogP contribution in [0, 0.1) is 0 Å². The molecule has 0 spiro atoms. The van der Waals surface area contributed by atoms with E-state index >= 15 is 0 Å². The number of methoxy groups -OCH3 is 1. The molecule has 5 heteroatoms. The van der Waals surface area contributed by atoms with Crippen LogP contribution in [0.25, 0.3) is 10.1 Å². The van der Waals surface area contributed by atoms with E-state index in [1.165, 1.54) is 11.3 Å². The number of fused-ring (bicyclic) bond motifs is 1. The number of ether oxygens (including phenoxy) is 2. The third-order valence-electron chi connectivity index (χ3n) is 2.40. The van der Waals surface area contributed by atoms with E-state index < -0.39 is 5.97 Å². The lowest BCUT2D eigenvalue weighted by atomic mass is 10.2. The Labute approximate surface area is 109 Å². The number of hydrogen-bond donors (Lipinski definition) is 1. The van der Waals surface area contributed by atoms with Gasteiger partial charge in [-0.2, -0.15) is 0 Å². The van der Waals surface area contributed by atoms with E-state index in [-0.39, 0.29) is 11.0 Å². The number of carboxylic acid groups (broad SMARTS) is 1. The predicted molar refractivity (Wildman–Crippen MR) is 71.1 cm³/mol. The van der Waals surface area contributed by atoms with Gasteiger partial charge in [-0.15, -0.1) is 11.3 Å². The molecule has 1 N–H and O–H groups in total. The van der Waals surface area contributed by atoms with Crippen molar-refractivity contribution in [3.8, 4) is 11.5 Å². The maximum Gasteiger partial charge on any atom is 0.349 e. The lowest BCUT2D eigenvalue weighted by Crippen LogP contribution is -2.08. The SMILES string of the molecule is COc1ccc2sc(C(=O)O)c(OC(C)C)c2c1. The Bertz CT molecular complexity index is 586. The van der Waals surface area contributed by atoms with Crippen LogP contribution in [0.3, 0.4) is 0 Å². The highest BCUT2D eigenvalue weighted by atomic mass is 32.1. The van der Waals surface area contributed by atoms with Crippen LogP contribution in [-0.4, -0.2) is 24.3 Å². The van der Waals surface area contributed by atoms with Crippen LogP contribution in [0.2, 0.25) is 0 Å². The van der Waals surface area contributed by atoms with Crippen molar-refractivity contribution in [2.75, 3.05) is 7.11 Å². The third-order valence-corrected chi connectivity index (χ3v) is 3.54. The molecule has 2 aromatic rings. The standard InChI is InChI=1S/C13H14O4S/c1-7(2)17-11-9-6-8(16-3)4-5-10(9)18-12(11)13(14)15/h4-7H,1-3H3,(H,14,15). The van der Waals surface area contributed by atoms with Crippen LogP contribution in [-0.2, 0) is 0 Å². The van der Waals surface area contributed by atoms with E-state index in [1.807, 2.05) is 26.0 Å². The summed E-state index contributed by atoms with van der Waals surface area (Å²) in [4.78, 5) is 11.5. The topological polar surface area (TPSA) is 55.8 Å². The van der Waals surface area contributed by atoms with Crippen molar-refractivity contribution in [3.05, 3.63) is 23.1 Å². The fraction of sp³-hybridized carbons (Fsp3) is 0.308. The van der Waals surface area contributed by atoms with Gasteiger partial charge in [-0.1, -0.05) is 0 Å². The first-order valence-corrected chi connectivity index (χ1v) is 6.35. The highest BCUT2D eigenvalue weighted by Crippen LogP contribution is 2.40. The van der Waals surface area contributed by atoms with E-state index in [2.05, 4.69) is 0 Å². The molecule has 0 bridgehead atoms. The largest absolute Gasteiger partial charge is 0.497 e. The van der Waals surface area contributed by atoms with Crippen molar-refractivity contribution in [1.29, 1.82) is 0 Å². The minimum atomic E-state index is -0.967. The molecular weight excluding hydrogens is 252 g/mol. The Balaban J connectivity index is 2.65. The van der Waals surface area contributed by atoms with E-state index in [0.717, 1.165) is 10.1 Å². The van der Waals surface area contributed by atoms with Crippen LogP contribution >= 0.6 is 11.3 Å².